The van der Waals surface area contributed by atoms with Crippen molar-refractivity contribution in [3.05, 3.63) is 60.2 Å². The standard InChI is InChI=1S/C25H30N2O4/c1-30-22-12-6-5-11-21(22)26-15-17-27(18-16-26)23(28)19-31-24(29)25(13-7-8-14-25)20-9-3-2-4-10-20/h2-6,9-12H,7-8,13-19H2,1H3. The monoisotopic (exact) mass is 422 g/mol. The van der Waals surface area contributed by atoms with Crippen LogP contribution in [-0.2, 0) is 19.7 Å². The van der Waals surface area contributed by atoms with Crippen LogP contribution in [0.1, 0.15) is 31.2 Å². The van der Waals surface area contributed by atoms with Gasteiger partial charge in [-0.15, -0.1) is 0 Å². The van der Waals surface area contributed by atoms with Gasteiger partial charge in [-0.05, 0) is 30.5 Å². The predicted octanol–water partition coefficient (Wildman–Crippen LogP) is 3.40. The van der Waals surface area contributed by atoms with Crippen LogP contribution in [0.5, 0.6) is 5.75 Å². The maximum Gasteiger partial charge on any atom is 0.317 e. The maximum atomic E-state index is 13.0. The Kier molecular flexibility index (Phi) is 6.44. The van der Waals surface area contributed by atoms with E-state index in [4.69, 9.17) is 9.47 Å². The number of piperazine rings is 1. The summed E-state index contributed by atoms with van der Waals surface area (Å²) in [5.41, 5.74) is 1.43. The van der Waals surface area contributed by atoms with Crippen molar-refractivity contribution in [2.45, 2.75) is 31.1 Å². The zero-order valence-electron chi connectivity index (χ0n) is 18.1. The largest absolute Gasteiger partial charge is 0.495 e. The van der Waals surface area contributed by atoms with Crippen molar-refractivity contribution < 1.29 is 19.1 Å². The molecule has 0 atom stereocenters. The zero-order chi connectivity index (χ0) is 21.7. The molecule has 2 aromatic rings. The Labute approximate surface area is 183 Å². The van der Waals surface area contributed by atoms with E-state index in [1.807, 2.05) is 54.6 Å². The van der Waals surface area contributed by atoms with Crippen LogP contribution in [0.2, 0.25) is 0 Å². The molecule has 4 rings (SSSR count). The lowest BCUT2D eigenvalue weighted by molar-refractivity contribution is -0.157. The molecule has 0 unspecified atom stereocenters. The average Bonchev–Trinajstić information content (AvgIpc) is 3.34. The van der Waals surface area contributed by atoms with Gasteiger partial charge in [0.15, 0.2) is 6.61 Å². The van der Waals surface area contributed by atoms with Gasteiger partial charge in [0.1, 0.15) is 5.75 Å². The second kappa shape index (κ2) is 9.41. The number of benzene rings is 2. The van der Waals surface area contributed by atoms with Gasteiger partial charge in [0.2, 0.25) is 0 Å². The van der Waals surface area contributed by atoms with Crippen LogP contribution in [0.4, 0.5) is 5.69 Å². The smallest absolute Gasteiger partial charge is 0.317 e. The number of ether oxygens (including phenoxy) is 2. The Morgan fingerprint density at radius 3 is 2.23 bits per heavy atom. The van der Waals surface area contributed by atoms with Crippen LogP contribution < -0.4 is 9.64 Å². The van der Waals surface area contributed by atoms with Crippen LogP contribution in [0.3, 0.4) is 0 Å². The summed E-state index contributed by atoms with van der Waals surface area (Å²) in [6, 6.07) is 17.7. The predicted molar refractivity (Wildman–Crippen MR) is 119 cm³/mol. The normalized spacial score (nSPS) is 18.0. The molecule has 1 saturated heterocycles. The van der Waals surface area contributed by atoms with E-state index in [0.717, 1.165) is 42.7 Å². The van der Waals surface area contributed by atoms with Gasteiger partial charge in [-0.1, -0.05) is 55.3 Å². The molecular weight excluding hydrogens is 392 g/mol. The number of esters is 1. The Morgan fingerprint density at radius 1 is 0.903 bits per heavy atom. The van der Waals surface area contributed by atoms with Gasteiger partial charge in [-0.2, -0.15) is 0 Å². The van der Waals surface area contributed by atoms with Crippen molar-refractivity contribution in [3.63, 3.8) is 0 Å². The molecule has 31 heavy (non-hydrogen) atoms. The van der Waals surface area contributed by atoms with Crippen molar-refractivity contribution in [1.29, 1.82) is 0 Å². The molecule has 0 bridgehead atoms. The van der Waals surface area contributed by atoms with E-state index in [0.29, 0.717) is 26.2 Å². The minimum Gasteiger partial charge on any atom is -0.495 e. The van der Waals surface area contributed by atoms with Gasteiger partial charge in [0.05, 0.1) is 18.2 Å². The fourth-order valence-electron chi connectivity index (χ4n) is 4.79. The van der Waals surface area contributed by atoms with E-state index in [9.17, 15) is 9.59 Å². The summed E-state index contributed by atoms with van der Waals surface area (Å²) < 4.78 is 11.0. The Hall–Kier alpha value is -3.02. The SMILES string of the molecule is COc1ccccc1N1CCN(C(=O)COC(=O)C2(c3ccccc3)CCCC2)CC1. The third kappa shape index (κ3) is 4.38. The van der Waals surface area contributed by atoms with E-state index in [1.165, 1.54) is 0 Å². The van der Waals surface area contributed by atoms with Crippen molar-refractivity contribution in [1.82, 2.24) is 4.90 Å². The molecule has 1 amide bonds. The number of carbonyl (C=O) groups excluding carboxylic acids is 2. The van der Waals surface area contributed by atoms with Gasteiger partial charge in [-0.3, -0.25) is 9.59 Å². The number of hydrogen-bond donors (Lipinski definition) is 0. The highest BCUT2D eigenvalue weighted by Gasteiger charge is 2.44. The molecule has 1 aliphatic carbocycles. The van der Waals surface area contributed by atoms with Crippen molar-refractivity contribution in [2.24, 2.45) is 0 Å². The Morgan fingerprint density at radius 2 is 1.55 bits per heavy atom. The summed E-state index contributed by atoms with van der Waals surface area (Å²) in [5.74, 6) is 0.436. The van der Waals surface area contributed by atoms with Crippen molar-refractivity contribution in [2.75, 3.05) is 44.8 Å². The Bertz CT molecular complexity index is 901. The van der Waals surface area contributed by atoms with Crippen LogP contribution >= 0.6 is 0 Å². The summed E-state index contributed by atoms with van der Waals surface area (Å²) in [4.78, 5) is 29.8. The lowest BCUT2D eigenvalue weighted by atomic mass is 9.79. The average molecular weight is 423 g/mol. The minimum atomic E-state index is -0.607. The van der Waals surface area contributed by atoms with E-state index < -0.39 is 5.41 Å². The molecule has 6 nitrogen and oxygen atoms in total. The number of anilines is 1. The van der Waals surface area contributed by atoms with E-state index in [1.54, 1.807) is 12.0 Å². The first kappa shape index (κ1) is 21.2. The second-order valence-electron chi connectivity index (χ2n) is 8.27. The fraction of sp³-hybridized carbons (Fsp3) is 0.440. The molecule has 6 heteroatoms. The molecule has 2 aromatic carbocycles. The first-order valence-electron chi connectivity index (χ1n) is 11.0. The highest BCUT2D eigenvalue weighted by molar-refractivity contribution is 5.87. The van der Waals surface area contributed by atoms with Gasteiger partial charge in [-0.25, -0.2) is 0 Å². The summed E-state index contributed by atoms with van der Waals surface area (Å²) in [6.45, 7) is 2.43. The number of para-hydroxylation sites is 2. The molecule has 164 valence electrons. The van der Waals surface area contributed by atoms with Crippen LogP contribution in [0.25, 0.3) is 0 Å². The number of nitrogens with zero attached hydrogens (tertiary/aromatic N) is 2. The molecule has 2 fully saturated rings. The highest BCUT2D eigenvalue weighted by Crippen LogP contribution is 2.42. The quantitative estimate of drug-likeness (QED) is 0.668. The summed E-state index contributed by atoms with van der Waals surface area (Å²) in [7, 11) is 1.67. The molecule has 1 aliphatic heterocycles. The molecule has 0 spiro atoms. The first-order chi connectivity index (χ1) is 15.1. The van der Waals surface area contributed by atoms with E-state index in [-0.39, 0.29) is 18.5 Å². The summed E-state index contributed by atoms with van der Waals surface area (Å²) in [5, 5.41) is 0. The lowest BCUT2D eigenvalue weighted by Gasteiger charge is -2.36. The third-order valence-corrected chi connectivity index (χ3v) is 6.56. The topological polar surface area (TPSA) is 59.1 Å². The molecule has 0 N–H and O–H groups in total. The number of carbonyl (C=O) groups is 2. The molecule has 2 aliphatic rings. The van der Waals surface area contributed by atoms with E-state index in [2.05, 4.69) is 4.90 Å². The van der Waals surface area contributed by atoms with Gasteiger partial charge < -0.3 is 19.3 Å². The van der Waals surface area contributed by atoms with Crippen LogP contribution in [0.15, 0.2) is 54.6 Å². The minimum absolute atomic E-state index is 0.130. The number of hydrogen-bond acceptors (Lipinski definition) is 5. The third-order valence-electron chi connectivity index (χ3n) is 6.56. The fourth-order valence-corrected chi connectivity index (χ4v) is 4.79. The van der Waals surface area contributed by atoms with E-state index >= 15 is 0 Å². The summed E-state index contributed by atoms with van der Waals surface area (Å²) >= 11 is 0. The number of rotatable bonds is 6. The van der Waals surface area contributed by atoms with Crippen LogP contribution in [0, 0.1) is 0 Å². The number of methoxy groups -OCH3 is 1. The van der Waals surface area contributed by atoms with Crippen molar-refractivity contribution >= 4 is 17.6 Å². The second-order valence-corrected chi connectivity index (χ2v) is 8.27. The van der Waals surface area contributed by atoms with Gasteiger partial charge in [0, 0.05) is 26.2 Å². The first-order valence-corrected chi connectivity index (χ1v) is 11.0. The Balaban J connectivity index is 1.33. The van der Waals surface area contributed by atoms with Gasteiger partial charge in [0.25, 0.3) is 5.91 Å². The maximum absolute atomic E-state index is 13.0. The lowest BCUT2D eigenvalue weighted by Crippen LogP contribution is -2.50. The molecule has 0 aromatic heterocycles. The van der Waals surface area contributed by atoms with Crippen molar-refractivity contribution in [3.8, 4) is 5.75 Å². The molecule has 1 heterocycles. The summed E-state index contributed by atoms with van der Waals surface area (Å²) in [6.07, 6.45) is 3.56. The van der Waals surface area contributed by atoms with Crippen LogP contribution in [-0.4, -0.2) is 56.7 Å². The number of amides is 1. The zero-order valence-corrected chi connectivity index (χ0v) is 18.1. The van der Waals surface area contributed by atoms with Gasteiger partial charge >= 0.3 is 5.97 Å². The highest BCUT2D eigenvalue weighted by atomic mass is 16.5. The molecular formula is C25H30N2O4. The molecule has 0 radical (unpaired) electrons. The molecule has 1 saturated carbocycles.